The number of hydrogen-bond donors (Lipinski definition) is 2. The van der Waals surface area contributed by atoms with E-state index in [0.29, 0.717) is 11.9 Å². The first-order valence-corrected chi connectivity index (χ1v) is 6.80. The van der Waals surface area contributed by atoms with E-state index in [2.05, 4.69) is 55.3 Å². The quantitative estimate of drug-likeness (QED) is 0.340. The first kappa shape index (κ1) is 19.2. The molecule has 0 aliphatic carbocycles. The fraction of sp³-hybridized carbons (Fsp3) is 0.533. The normalized spacial score (nSPS) is 11.6. The van der Waals surface area contributed by atoms with Gasteiger partial charge in [0.25, 0.3) is 0 Å². The topological polar surface area (TPSA) is 53.6 Å². The van der Waals surface area contributed by atoms with Gasteiger partial charge >= 0.3 is 0 Å². The summed E-state index contributed by atoms with van der Waals surface area (Å²) in [6.07, 6.45) is 1.02. The molecule has 1 rings (SSSR count). The highest BCUT2D eigenvalue weighted by atomic mass is 127. The van der Waals surface area contributed by atoms with Crippen LogP contribution in [0, 0.1) is 0 Å². The molecule has 0 unspecified atom stereocenters. The molecule has 4 nitrogen and oxygen atoms in total. The fourth-order valence-electron chi connectivity index (χ4n) is 1.75. The predicted octanol–water partition coefficient (Wildman–Crippen LogP) is 3.11. The van der Waals surface area contributed by atoms with Gasteiger partial charge in [-0.25, -0.2) is 0 Å². The van der Waals surface area contributed by atoms with Crippen molar-refractivity contribution in [3.63, 3.8) is 0 Å². The molecule has 0 saturated heterocycles. The summed E-state index contributed by atoms with van der Waals surface area (Å²) >= 11 is 0. The average Bonchev–Trinajstić information content (AvgIpc) is 2.34. The number of nitrogens with zero attached hydrogens (tertiary/aromatic N) is 2. The van der Waals surface area contributed by atoms with Crippen molar-refractivity contribution in [2.24, 2.45) is 10.7 Å². The Labute approximate surface area is 139 Å². The molecular weight excluding hydrogens is 363 g/mol. The van der Waals surface area contributed by atoms with Gasteiger partial charge in [-0.3, -0.25) is 4.99 Å². The second-order valence-corrected chi connectivity index (χ2v) is 5.33. The third-order valence-corrected chi connectivity index (χ3v) is 2.87. The van der Waals surface area contributed by atoms with Crippen molar-refractivity contribution in [3.05, 3.63) is 29.8 Å². The predicted molar refractivity (Wildman–Crippen MR) is 99.2 cm³/mol. The van der Waals surface area contributed by atoms with Gasteiger partial charge in [0, 0.05) is 12.2 Å². The maximum Gasteiger partial charge on any atom is 0.193 e. The van der Waals surface area contributed by atoms with Crippen molar-refractivity contribution in [1.82, 2.24) is 4.90 Å². The van der Waals surface area contributed by atoms with Gasteiger partial charge in [0.1, 0.15) is 0 Å². The second-order valence-electron chi connectivity index (χ2n) is 5.33. The van der Waals surface area contributed by atoms with Crippen molar-refractivity contribution in [1.29, 1.82) is 0 Å². The molecule has 0 aliphatic heterocycles. The van der Waals surface area contributed by atoms with Crippen molar-refractivity contribution < 1.29 is 0 Å². The van der Waals surface area contributed by atoms with E-state index in [4.69, 9.17) is 5.73 Å². The Morgan fingerprint density at radius 1 is 1.35 bits per heavy atom. The number of hydrogen-bond acceptors (Lipinski definition) is 2. The van der Waals surface area contributed by atoms with Gasteiger partial charge in [-0.15, -0.1) is 24.0 Å². The van der Waals surface area contributed by atoms with Gasteiger partial charge in [-0.05, 0) is 50.7 Å². The van der Waals surface area contributed by atoms with E-state index < -0.39 is 0 Å². The second kappa shape index (κ2) is 9.99. The van der Waals surface area contributed by atoms with E-state index in [1.807, 2.05) is 12.1 Å². The van der Waals surface area contributed by atoms with E-state index >= 15 is 0 Å². The van der Waals surface area contributed by atoms with Crippen molar-refractivity contribution in [2.45, 2.75) is 26.2 Å². The van der Waals surface area contributed by atoms with Crippen LogP contribution in [-0.2, 0) is 0 Å². The van der Waals surface area contributed by atoms with Crippen LogP contribution in [0.4, 0.5) is 5.69 Å². The number of halogens is 1. The minimum atomic E-state index is 0. The van der Waals surface area contributed by atoms with E-state index in [1.165, 1.54) is 5.56 Å². The minimum Gasteiger partial charge on any atom is -0.370 e. The van der Waals surface area contributed by atoms with Gasteiger partial charge in [-0.1, -0.05) is 26.0 Å². The highest BCUT2D eigenvalue weighted by molar-refractivity contribution is 14.0. The zero-order chi connectivity index (χ0) is 14.3. The Kier molecular flexibility index (Phi) is 9.58. The van der Waals surface area contributed by atoms with E-state index in [-0.39, 0.29) is 24.0 Å². The Morgan fingerprint density at radius 2 is 2.05 bits per heavy atom. The molecular formula is C15H27IN4. The van der Waals surface area contributed by atoms with Crippen LogP contribution in [0.5, 0.6) is 0 Å². The highest BCUT2D eigenvalue weighted by Crippen LogP contribution is 2.18. The number of nitrogens with two attached hydrogens (primary N) is 1. The molecule has 0 amide bonds. The first-order chi connectivity index (χ1) is 8.99. The molecule has 0 bridgehead atoms. The first-order valence-electron chi connectivity index (χ1n) is 6.80. The van der Waals surface area contributed by atoms with E-state index in [0.717, 1.165) is 25.2 Å². The molecule has 0 atom stereocenters. The lowest BCUT2D eigenvalue weighted by molar-refractivity contribution is 0.403. The van der Waals surface area contributed by atoms with Crippen molar-refractivity contribution >= 4 is 35.6 Å². The van der Waals surface area contributed by atoms with Crippen LogP contribution in [0.25, 0.3) is 0 Å². The molecule has 0 aromatic heterocycles. The third kappa shape index (κ3) is 7.69. The van der Waals surface area contributed by atoms with E-state index in [1.54, 1.807) is 0 Å². The lowest BCUT2D eigenvalue weighted by Gasteiger charge is -2.10. The number of nitrogens with one attached hydrogen (secondary N) is 1. The molecule has 20 heavy (non-hydrogen) atoms. The molecule has 0 saturated carbocycles. The number of anilines is 1. The van der Waals surface area contributed by atoms with Gasteiger partial charge in [-0.2, -0.15) is 0 Å². The molecule has 0 aliphatic rings. The van der Waals surface area contributed by atoms with Crippen LogP contribution in [0.3, 0.4) is 0 Å². The maximum absolute atomic E-state index is 5.87. The Morgan fingerprint density at radius 3 is 2.65 bits per heavy atom. The summed E-state index contributed by atoms with van der Waals surface area (Å²) < 4.78 is 0. The number of benzene rings is 1. The number of aliphatic imine (C=N–C) groups is 1. The molecule has 5 heteroatoms. The standard InChI is InChI=1S/C15H26N4.HI/c1-12(2)13-7-5-8-14(11-13)18-15(16)17-9-6-10-19(3)4;/h5,7-8,11-12H,6,9-10H2,1-4H3,(H3,16,17,18);1H. The average molecular weight is 390 g/mol. The van der Waals surface area contributed by atoms with Gasteiger partial charge in [0.15, 0.2) is 5.96 Å². The minimum absolute atomic E-state index is 0. The van der Waals surface area contributed by atoms with Crippen LogP contribution in [0.2, 0.25) is 0 Å². The summed E-state index contributed by atoms with van der Waals surface area (Å²) in [4.78, 5) is 6.47. The maximum atomic E-state index is 5.87. The Balaban J connectivity index is 0.00000361. The van der Waals surface area contributed by atoms with E-state index in [9.17, 15) is 0 Å². The molecule has 0 radical (unpaired) electrons. The van der Waals surface area contributed by atoms with Gasteiger partial charge in [0.05, 0.1) is 0 Å². The summed E-state index contributed by atoms with van der Waals surface area (Å²) in [6, 6.07) is 8.29. The zero-order valence-corrected chi connectivity index (χ0v) is 15.2. The summed E-state index contributed by atoms with van der Waals surface area (Å²) in [6.45, 7) is 6.14. The van der Waals surface area contributed by atoms with Crippen LogP contribution in [-0.4, -0.2) is 38.0 Å². The molecule has 0 heterocycles. The zero-order valence-electron chi connectivity index (χ0n) is 12.9. The SMILES string of the molecule is CC(C)c1cccc(NC(N)=NCCCN(C)C)c1.I. The number of guanidine groups is 1. The lowest BCUT2D eigenvalue weighted by Crippen LogP contribution is -2.23. The fourth-order valence-corrected chi connectivity index (χ4v) is 1.75. The molecule has 0 spiro atoms. The van der Waals surface area contributed by atoms with Crippen molar-refractivity contribution in [2.75, 3.05) is 32.5 Å². The molecule has 1 aromatic rings. The third-order valence-electron chi connectivity index (χ3n) is 2.87. The van der Waals surface area contributed by atoms with Crippen LogP contribution in [0.15, 0.2) is 29.3 Å². The molecule has 3 N–H and O–H groups in total. The summed E-state index contributed by atoms with van der Waals surface area (Å²) in [5.41, 5.74) is 8.17. The summed E-state index contributed by atoms with van der Waals surface area (Å²) in [7, 11) is 4.12. The van der Waals surface area contributed by atoms with Crippen molar-refractivity contribution in [3.8, 4) is 0 Å². The Bertz CT molecular complexity index is 416. The lowest BCUT2D eigenvalue weighted by atomic mass is 10.0. The molecule has 0 fully saturated rings. The van der Waals surface area contributed by atoms with Gasteiger partial charge in [0.2, 0.25) is 0 Å². The monoisotopic (exact) mass is 390 g/mol. The molecule has 114 valence electrons. The van der Waals surface area contributed by atoms with Gasteiger partial charge < -0.3 is 16.0 Å². The summed E-state index contributed by atoms with van der Waals surface area (Å²) in [5, 5.41) is 3.14. The largest absolute Gasteiger partial charge is 0.370 e. The van der Waals surface area contributed by atoms with Crippen LogP contribution < -0.4 is 11.1 Å². The molecule has 1 aromatic carbocycles. The highest BCUT2D eigenvalue weighted by Gasteiger charge is 2.01. The summed E-state index contributed by atoms with van der Waals surface area (Å²) in [5.74, 6) is 1.000. The number of rotatable bonds is 6. The van der Waals surface area contributed by atoms with Crippen LogP contribution in [0.1, 0.15) is 31.7 Å². The van der Waals surface area contributed by atoms with Crippen LogP contribution >= 0.6 is 24.0 Å². The smallest absolute Gasteiger partial charge is 0.193 e. The Hall–Kier alpha value is -0.820.